The van der Waals surface area contributed by atoms with Crippen molar-refractivity contribution in [1.82, 2.24) is 0 Å². The Labute approximate surface area is 119 Å². The van der Waals surface area contributed by atoms with E-state index < -0.39 is 0 Å². The average Bonchev–Trinajstić information content (AvgIpc) is 2.51. The Balaban J connectivity index is 1.76. The first kappa shape index (κ1) is 13.8. The van der Waals surface area contributed by atoms with Gasteiger partial charge in [-0.25, -0.2) is 0 Å². The van der Waals surface area contributed by atoms with E-state index in [2.05, 4.69) is 13.5 Å². The zero-order chi connectivity index (χ0) is 14.1. The lowest BCUT2D eigenvalue weighted by Gasteiger charge is -2.45. The molecule has 0 amide bonds. The Hall–Kier alpha value is -1.20. The van der Waals surface area contributed by atoms with E-state index in [-0.39, 0.29) is 30.7 Å². The summed E-state index contributed by atoms with van der Waals surface area (Å²) in [6.45, 7) is 6.67. The maximum atomic E-state index is 6.09. The molecule has 2 saturated heterocycles. The number of hydrogen-bond donors (Lipinski definition) is 0. The molecule has 20 heavy (non-hydrogen) atoms. The minimum absolute atomic E-state index is 0.0483. The first-order valence-corrected chi connectivity index (χ1v) is 6.89. The van der Waals surface area contributed by atoms with Crippen molar-refractivity contribution in [3.05, 3.63) is 48.0 Å². The first-order chi connectivity index (χ1) is 9.70. The third-order valence-electron chi connectivity index (χ3n) is 4.02. The van der Waals surface area contributed by atoms with E-state index in [1.165, 1.54) is 0 Å². The second-order valence-corrected chi connectivity index (χ2v) is 5.28. The third-order valence-corrected chi connectivity index (χ3v) is 4.02. The average molecular weight is 276 g/mol. The summed E-state index contributed by atoms with van der Waals surface area (Å²) in [7, 11) is 1.63. The molecule has 4 heteroatoms. The van der Waals surface area contributed by atoms with Gasteiger partial charge in [-0.1, -0.05) is 43.8 Å². The lowest BCUT2D eigenvalue weighted by molar-refractivity contribution is -0.310. The van der Waals surface area contributed by atoms with Crippen LogP contribution >= 0.6 is 0 Å². The van der Waals surface area contributed by atoms with Gasteiger partial charge in [-0.2, -0.15) is 0 Å². The zero-order valence-electron chi connectivity index (χ0n) is 11.8. The first-order valence-electron chi connectivity index (χ1n) is 6.89. The molecule has 0 bridgehead atoms. The van der Waals surface area contributed by atoms with Gasteiger partial charge in [-0.05, 0) is 5.57 Å². The summed E-state index contributed by atoms with van der Waals surface area (Å²) < 4.78 is 23.0. The van der Waals surface area contributed by atoms with E-state index >= 15 is 0 Å². The summed E-state index contributed by atoms with van der Waals surface area (Å²) >= 11 is 0. The highest BCUT2D eigenvalue weighted by molar-refractivity contribution is 5.17. The van der Waals surface area contributed by atoms with Crippen LogP contribution in [0, 0.1) is 5.92 Å². The number of ether oxygens (including phenoxy) is 4. The van der Waals surface area contributed by atoms with Gasteiger partial charge in [-0.15, -0.1) is 0 Å². The van der Waals surface area contributed by atoms with Crippen LogP contribution < -0.4 is 0 Å². The SMILES string of the molecule is C=C1[C@@H](OC)O[C@@H]2CO[C@@H](c3ccccc3)O[C@H]2[C@@H]1C. The quantitative estimate of drug-likeness (QED) is 0.778. The van der Waals surface area contributed by atoms with E-state index in [9.17, 15) is 0 Å². The number of rotatable bonds is 2. The molecule has 0 saturated carbocycles. The van der Waals surface area contributed by atoms with E-state index in [0.29, 0.717) is 6.61 Å². The number of fused-ring (bicyclic) bond motifs is 1. The molecular weight excluding hydrogens is 256 g/mol. The molecule has 5 atom stereocenters. The molecule has 3 rings (SSSR count). The number of methoxy groups -OCH3 is 1. The topological polar surface area (TPSA) is 36.9 Å². The highest BCUT2D eigenvalue weighted by atomic mass is 16.7. The van der Waals surface area contributed by atoms with Crippen LogP contribution in [0.15, 0.2) is 42.5 Å². The van der Waals surface area contributed by atoms with Crippen LogP contribution in [0.5, 0.6) is 0 Å². The van der Waals surface area contributed by atoms with Gasteiger partial charge in [0, 0.05) is 18.6 Å². The fraction of sp³-hybridized carbons (Fsp3) is 0.500. The number of benzene rings is 1. The van der Waals surface area contributed by atoms with Gasteiger partial charge < -0.3 is 18.9 Å². The van der Waals surface area contributed by atoms with Crippen molar-refractivity contribution in [2.75, 3.05) is 13.7 Å². The zero-order valence-corrected chi connectivity index (χ0v) is 11.8. The van der Waals surface area contributed by atoms with Crippen LogP contribution in [0.25, 0.3) is 0 Å². The van der Waals surface area contributed by atoms with Gasteiger partial charge in [0.1, 0.15) is 6.10 Å². The van der Waals surface area contributed by atoms with Crippen LogP contribution in [0.4, 0.5) is 0 Å². The monoisotopic (exact) mass is 276 g/mol. The van der Waals surface area contributed by atoms with Crippen LogP contribution in [0.1, 0.15) is 18.8 Å². The molecule has 4 nitrogen and oxygen atoms in total. The van der Waals surface area contributed by atoms with Gasteiger partial charge >= 0.3 is 0 Å². The molecule has 0 N–H and O–H groups in total. The Morgan fingerprint density at radius 2 is 1.95 bits per heavy atom. The predicted molar refractivity (Wildman–Crippen MR) is 74.0 cm³/mol. The molecule has 0 spiro atoms. The van der Waals surface area contributed by atoms with Crippen molar-refractivity contribution in [3.8, 4) is 0 Å². The van der Waals surface area contributed by atoms with E-state index in [1.807, 2.05) is 30.3 Å². The Morgan fingerprint density at radius 3 is 2.65 bits per heavy atom. The summed E-state index contributed by atoms with van der Waals surface area (Å²) in [6.07, 6.45) is -0.865. The maximum Gasteiger partial charge on any atom is 0.184 e. The van der Waals surface area contributed by atoms with Crippen LogP contribution in [0.3, 0.4) is 0 Å². The summed E-state index contributed by atoms with van der Waals surface area (Å²) in [5, 5.41) is 0. The highest BCUT2D eigenvalue weighted by Crippen LogP contribution is 2.38. The van der Waals surface area contributed by atoms with Gasteiger partial charge in [0.15, 0.2) is 12.6 Å². The van der Waals surface area contributed by atoms with Crippen LogP contribution in [-0.2, 0) is 18.9 Å². The number of hydrogen-bond acceptors (Lipinski definition) is 4. The van der Waals surface area contributed by atoms with Crippen molar-refractivity contribution < 1.29 is 18.9 Å². The Morgan fingerprint density at radius 1 is 1.20 bits per heavy atom. The van der Waals surface area contributed by atoms with Crippen molar-refractivity contribution >= 4 is 0 Å². The molecule has 2 aliphatic rings. The van der Waals surface area contributed by atoms with Gasteiger partial charge in [0.25, 0.3) is 0 Å². The molecule has 2 heterocycles. The normalized spacial score (nSPS) is 37.5. The van der Waals surface area contributed by atoms with Gasteiger partial charge in [-0.3, -0.25) is 0 Å². The van der Waals surface area contributed by atoms with E-state index in [4.69, 9.17) is 18.9 Å². The van der Waals surface area contributed by atoms with Crippen molar-refractivity contribution in [3.63, 3.8) is 0 Å². The third kappa shape index (κ3) is 2.40. The van der Waals surface area contributed by atoms with Gasteiger partial charge in [0.2, 0.25) is 0 Å². The molecule has 0 radical (unpaired) electrons. The summed E-state index contributed by atoms with van der Waals surface area (Å²) in [4.78, 5) is 0. The smallest absolute Gasteiger partial charge is 0.184 e. The highest BCUT2D eigenvalue weighted by Gasteiger charge is 2.44. The molecule has 0 aliphatic carbocycles. The molecular formula is C16H20O4. The molecule has 0 unspecified atom stereocenters. The largest absolute Gasteiger partial charge is 0.352 e. The second-order valence-electron chi connectivity index (χ2n) is 5.28. The van der Waals surface area contributed by atoms with E-state index in [1.54, 1.807) is 7.11 Å². The van der Waals surface area contributed by atoms with Gasteiger partial charge in [0.05, 0.1) is 12.7 Å². The van der Waals surface area contributed by atoms with Crippen molar-refractivity contribution in [2.24, 2.45) is 5.92 Å². The van der Waals surface area contributed by atoms with E-state index in [0.717, 1.165) is 11.1 Å². The Kier molecular flexibility index (Phi) is 3.89. The molecule has 0 aromatic heterocycles. The Bertz CT molecular complexity index is 473. The second kappa shape index (κ2) is 5.66. The van der Waals surface area contributed by atoms with Crippen molar-refractivity contribution in [1.29, 1.82) is 0 Å². The fourth-order valence-corrected chi connectivity index (χ4v) is 2.77. The van der Waals surface area contributed by atoms with Crippen LogP contribution in [-0.4, -0.2) is 32.2 Å². The molecule has 1 aromatic rings. The molecule has 2 fully saturated rings. The minimum atomic E-state index is -0.369. The summed E-state index contributed by atoms with van der Waals surface area (Å²) in [5.74, 6) is 0.175. The fourth-order valence-electron chi connectivity index (χ4n) is 2.77. The standard InChI is InChI=1S/C16H20O4/c1-10-11(2)15(17-3)19-13-9-18-16(20-14(10)13)12-7-5-4-6-8-12/h4-8,10,13-16H,2,9H2,1,3H3/t10-,13-,14+,15+,16-/m1/s1. The summed E-state index contributed by atoms with van der Waals surface area (Å²) in [6, 6.07) is 9.95. The molecule has 108 valence electrons. The minimum Gasteiger partial charge on any atom is -0.352 e. The molecule has 1 aromatic carbocycles. The lowest BCUT2D eigenvalue weighted by atomic mass is 9.89. The lowest BCUT2D eigenvalue weighted by Crippen LogP contribution is -2.53. The maximum absolute atomic E-state index is 6.09. The van der Waals surface area contributed by atoms with Crippen molar-refractivity contribution in [2.45, 2.75) is 31.7 Å². The van der Waals surface area contributed by atoms with Crippen LogP contribution in [0.2, 0.25) is 0 Å². The predicted octanol–water partition coefficient (Wildman–Crippen LogP) is 2.66. The molecule has 2 aliphatic heterocycles. The summed E-state index contributed by atoms with van der Waals surface area (Å²) in [5.41, 5.74) is 1.94.